The van der Waals surface area contributed by atoms with Gasteiger partial charge in [-0.3, -0.25) is 9.80 Å². The quantitative estimate of drug-likeness (QED) is 0.526. The number of alkyl halides is 3. The van der Waals surface area contributed by atoms with Gasteiger partial charge in [0.05, 0.1) is 19.2 Å². The first-order chi connectivity index (χ1) is 16.2. The van der Waals surface area contributed by atoms with Gasteiger partial charge in [0.2, 0.25) is 0 Å². The molecule has 2 heterocycles. The first-order valence-electron chi connectivity index (χ1n) is 11.2. The number of carboxylic acid groups (broad SMARTS) is 1. The van der Waals surface area contributed by atoms with Gasteiger partial charge in [-0.25, -0.2) is 4.79 Å². The maximum atomic E-state index is 13.2. The van der Waals surface area contributed by atoms with Gasteiger partial charge in [-0.2, -0.15) is 13.2 Å². The Balaban J connectivity index is 1.72. The SMILES string of the molecule is COc1cc(C)c2[nH]ccc2c1CN1CCCN(CC(F)(F)F)C[C@H]1c1ccc(C(=O)O)cc1. The third-order valence-electron chi connectivity index (χ3n) is 6.43. The van der Waals surface area contributed by atoms with Gasteiger partial charge in [-0.15, -0.1) is 0 Å². The lowest BCUT2D eigenvalue weighted by molar-refractivity contribution is -0.146. The molecular formula is C25H28F3N3O3. The van der Waals surface area contributed by atoms with Gasteiger partial charge in [0.15, 0.2) is 0 Å². The van der Waals surface area contributed by atoms with E-state index >= 15 is 0 Å². The Labute approximate surface area is 195 Å². The van der Waals surface area contributed by atoms with E-state index < -0.39 is 18.7 Å². The largest absolute Gasteiger partial charge is 0.496 e. The second-order valence-electron chi connectivity index (χ2n) is 8.76. The molecule has 0 unspecified atom stereocenters. The number of aromatic amines is 1. The van der Waals surface area contributed by atoms with Crippen LogP contribution in [-0.4, -0.2) is 65.3 Å². The fraction of sp³-hybridized carbons (Fsp3) is 0.400. The van der Waals surface area contributed by atoms with Crippen molar-refractivity contribution in [3.05, 3.63) is 64.8 Å². The minimum absolute atomic E-state index is 0.144. The molecule has 1 aliphatic heterocycles. The Hall–Kier alpha value is -3.04. The van der Waals surface area contributed by atoms with E-state index in [-0.39, 0.29) is 18.2 Å². The molecule has 0 spiro atoms. The van der Waals surface area contributed by atoms with Crippen molar-refractivity contribution < 1.29 is 27.8 Å². The minimum Gasteiger partial charge on any atom is -0.496 e. The number of aromatic carboxylic acids is 1. The summed E-state index contributed by atoms with van der Waals surface area (Å²) in [5.74, 6) is -0.303. The molecule has 1 aliphatic rings. The zero-order chi connectivity index (χ0) is 24.5. The van der Waals surface area contributed by atoms with E-state index in [0.29, 0.717) is 26.1 Å². The summed E-state index contributed by atoms with van der Waals surface area (Å²) in [5, 5.41) is 10.3. The van der Waals surface area contributed by atoms with E-state index in [9.17, 15) is 23.1 Å². The molecule has 0 amide bonds. The normalized spacial score (nSPS) is 18.2. The van der Waals surface area contributed by atoms with Crippen LogP contribution in [0.4, 0.5) is 13.2 Å². The summed E-state index contributed by atoms with van der Waals surface area (Å²) in [7, 11) is 1.62. The standard InChI is InChI=1S/C25H28F3N3O3/c1-16-12-22(34-2)20(19-8-9-29-23(16)19)13-31-11-3-10-30(15-25(26,27)28)14-21(31)17-4-6-18(7-5-17)24(32)33/h4-9,12,21,29H,3,10-11,13-15H2,1-2H3,(H,32,33)/t21-/m0/s1. The average Bonchev–Trinajstić information content (AvgIpc) is 3.20. The third-order valence-corrected chi connectivity index (χ3v) is 6.43. The number of hydrogen-bond acceptors (Lipinski definition) is 4. The van der Waals surface area contributed by atoms with Crippen LogP contribution in [0.1, 0.15) is 39.5 Å². The highest BCUT2D eigenvalue weighted by Gasteiger charge is 2.35. The zero-order valence-corrected chi connectivity index (χ0v) is 19.2. The molecule has 34 heavy (non-hydrogen) atoms. The second-order valence-corrected chi connectivity index (χ2v) is 8.76. The predicted molar refractivity (Wildman–Crippen MR) is 123 cm³/mol. The van der Waals surface area contributed by atoms with Crippen molar-refractivity contribution in [1.29, 1.82) is 0 Å². The molecule has 0 saturated carbocycles. The Morgan fingerprint density at radius 1 is 1.21 bits per heavy atom. The molecule has 1 fully saturated rings. The average molecular weight is 476 g/mol. The number of rotatable bonds is 6. The minimum atomic E-state index is -4.29. The van der Waals surface area contributed by atoms with Gasteiger partial charge in [-0.05, 0) is 55.3 Å². The summed E-state index contributed by atoms with van der Waals surface area (Å²) >= 11 is 0. The molecule has 4 rings (SSSR count). The summed E-state index contributed by atoms with van der Waals surface area (Å²) in [6, 6.07) is 10.0. The van der Waals surface area contributed by atoms with Crippen LogP contribution in [-0.2, 0) is 6.54 Å². The van der Waals surface area contributed by atoms with E-state index in [1.807, 2.05) is 25.3 Å². The first-order valence-corrected chi connectivity index (χ1v) is 11.2. The van der Waals surface area contributed by atoms with Crippen molar-refractivity contribution >= 4 is 16.9 Å². The number of fused-ring (bicyclic) bond motifs is 1. The number of aryl methyl sites for hydroxylation is 1. The topological polar surface area (TPSA) is 68.8 Å². The lowest BCUT2D eigenvalue weighted by Gasteiger charge is -2.33. The van der Waals surface area contributed by atoms with Crippen molar-refractivity contribution in [2.45, 2.75) is 32.1 Å². The molecule has 2 N–H and O–H groups in total. The van der Waals surface area contributed by atoms with Crippen molar-refractivity contribution in [1.82, 2.24) is 14.8 Å². The van der Waals surface area contributed by atoms with Crippen molar-refractivity contribution in [3.63, 3.8) is 0 Å². The molecule has 1 aromatic heterocycles. The zero-order valence-electron chi connectivity index (χ0n) is 19.2. The molecule has 9 heteroatoms. The molecule has 0 bridgehead atoms. The van der Waals surface area contributed by atoms with Crippen LogP contribution in [0.25, 0.3) is 10.9 Å². The summed E-state index contributed by atoms with van der Waals surface area (Å²) in [6.07, 6.45) is -1.83. The molecule has 0 aliphatic carbocycles. The molecule has 0 radical (unpaired) electrons. The van der Waals surface area contributed by atoms with Crippen LogP contribution in [0.3, 0.4) is 0 Å². The van der Waals surface area contributed by atoms with Crippen LogP contribution in [0, 0.1) is 6.92 Å². The van der Waals surface area contributed by atoms with Gasteiger partial charge >= 0.3 is 12.1 Å². The fourth-order valence-electron chi connectivity index (χ4n) is 4.84. The maximum absolute atomic E-state index is 13.2. The highest BCUT2D eigenvalue weighted by atomic mass is 19.4. The van der Waals surface area contributed by atoms with Gasteiger partial charge in [0.1, 0.15) is 5.75 Å². The highest BCUT2D eigenvalue weighted by molar-refractivity contribution is 5.88. The van der Waals surface area contributed by atoms with Gasteiger partial charge in [-0.1, -0.05) is 12.1 Å². The summed E-state index contributed by atoms with van der Waals surface area (Å²) in [5.41, 5.74) is 3.96. The molecule has 2 aromatic carbocycles. The number of ether oxygens (including phenoxy) is 1. The number of halogens is 3. The van der Waals surface area contributed by atoms with Crippen LogP contribution >= 0.6 is 0 Å². The maximum Gasteiger partial charge on any atom is 0.401 e. The van der Waals surface area contributed by atoms with Crippen LogP contribution in [0.5, 0.6) is 5.75 Å². The molecule has 1 saturated heterocycles. The van der Waals surface area contributed by atoms with E-state index in [0.717, 1.165) is 33.3 Å². The van der Waals surface area contributed by atoms with Gasteiger partial charge in [0.25, 0.3) is 0 Å². The summed E-state index contributed by atoms with van der Waals surface area (Å²) in [4.78, 5) is 18.2. The van der Waals surface area contributed by atoms with Crippen LogP contribution < -0.4 is 4.74 Å². The van der Waals surface area contributed by atoms with Crippen molar-refractivity contribution in [3.8, 4) is 5.75 Å². The monoisotopic (exact) mass is 475 g/mol. The van der Waals surface area contributed by atoms with E-state index in [1.54, 1.807) is 19.2 Å². The van der Waals surface area contributed by atoms with Crippen molar-refractivity contribution in [2.24, 2.45) is 0 Å². The number of benzene rings is 2. The number of H-pyrrole nitrogens is 1. The van der Waals surface area contributed by atoms with Crippen LogP contribution in [0.2, 0.25) is 0 Å². The molecule has 1 atom stereocenters. The molecule has 3 aromatic rings. The third kappa shape index (κ3) is 5.20. The smallest absolute Gasteiger partial charge is 0.401 e. The van der Waals surface area contributed by atoms with Crippen LogP contribution in [0.15, 0.2) is 42.6 Å². The fourth-order valence-corrected chi connectivity index (χ4v) is 4.84. The van der Waals surface area contributed by atoms with E-state index in [1.165, 1.54) is 17.0 Å². The number of nitrogens with one attached hydrogen (secondary N) is 1. The number of nitrogens with zero attached hydrogens (tertiary/aromatic N) is 2. The Morgan fingerprint density at radius 2 is 1.94 bits per heavy atom. The number of carbonyl (C=O) groups is 1. The van der Waals surface area contributed by atoms with E-state index in [4.69, 9.17) is 4.74 Å². The van der Waals surface area contributed by atoms with E-state index in [2.05, 4.69) is 9.88 Å². The Kier molecular flexibility index (Phi) is 6.86. The number of carboxylic acids is 1. The molecule has 6 nitrogen and oxygen atoms in total. The van der Waals surface area contributed by atoms with Gasteiger partial charge < -0.3 is 14.8 Å². The second kappa shape index (κ2) is 9.68. The molecular weight excluding hydrogens is 447 g/mol. The predicted octanol–water partition coefficient (Wildman–Crippen LogP) is 4.99. The first kappa shape index (κ1) is 24.1. The number of methoxy groups -OCH3 is 1. The highest BCUT2D eigenvalue weighted by Crippen LogP contribution is 2.35. The van der Waals surface area contributed by atoms with Gasteiger partial charge in [0, 0.05) is 48.3 Å². The lowest BCUT2D eigenvalue weighted by atomic mass is 10.00. The van der Waals surface area contributed by atoms with Crippen molar-refractivity contribution in [2.75, 3.05) is 33.3 Å². The Bertz CT molecular complexity index is 1160. The molecule has 182 valence electrons. The number of hydrogen-bond donors (Lipinski definition) is 2. The summed E-state index contributed by atoms with van der Waals surface area (Å²) < 4.78 is 45.4. The lowest BCUT2D eigenvalue weighted by Crippen LogP contribution is -2.39. The summed E-state index contributed by atoms with van der Waals surface area (Å²) in [6.45, 7) is 2.64. The number of aromatic nitrogens is 1. The Morgan fingerprint density at radius 3 is 2.59 bits per heavy atom.